The Labute approximate surface area is 126 Å². The van der Waals surface area contributed by atoms with Crippen LogP contribution in [0.3, 0.4) is 0 Å². The van der Waals surface area contributed by atoms with Gasteiger partial charge in [0.15, 0.2) is 0 Å². The summed E-state index contributed by atoms with van der Waals surface area (Å²) in [4.78, 5) is -0.473. The Hall–Kier alpha value is -0.530. The van der Waals surface area contributed by atoms with Gasteiger partial charge in [-0.15, -0.1) is 0 Å². The standard InChI is InChI=1S/C13H16BrF2NO2S/c1-2-10-5-3-4-6-17(10)20(18,19)13-11(14)7-9(15)8-12(13)16/h7-8,10H,2-6H2,1H3. The van der Waals surface area contributed by atoms with E-state index in [1.807, 2.05) is 6.92 Å². The van der Waals surface area contributed by atoms with Crippen LogP contribution < -0.4 is 0 Å². The number of halogens is 3. The van der Waals surface area contributed by atoms with E-state index in [0.717, 1.165) is 25.3 Å². The molecule has 3 nitrogen and oxygen atoms in total. The zero-order chi connectivity index (χ0) is 14.9. The van der Waals surface area contributed by atoms with Crippen molar-refractivity contribution in [2.24, 2.45) is 0 Å². The maximum absolute atomic E-state index is 13.9. The first-order valence-electron chi connectivity index (χ1n) is 6.54. The summed E-state index contributed by atoms with van der Waals surface area (Å²) >= 11 is 2.96. The van der Waals surface area contributed by atoms with E-state index in [4.69, 9.17) is 0 Å². The van der Waals surface area contributed by atoms with Gasteiger partial charge in [0.25, 0.3) is 0 Å². The van der Waals surface area contributed by atoms with Gasteiger partial charge in [-0.05, 0) is 41.3 Å². The maximum Gasteiger partial charge on any atom is 0.247 e. The summed E-state index contributed by atoms with van der Waals surface area (Å²) in [5.74, 6) is -1.86. The molecule has 1 saturated heterocycles. The average molecular weight is 368 g/mol. The number of nitrogens with zero attached hydrogens (tertiary/aromatic N) is 1. The van der Waals surface area contributed by atoms with Crippen molar-refractivity contribution >= 4 is 26.0 Å². The molecule has 0 bridgehead atoms. The smallest absolute Gasteiger partial charge is 0.207 e. The number of benzene rings is 1. The highest BCUT2D eigenvalue weighted by Gasteiger charge is 2.35. The van der Waals surface area contributed by atoms with Crippen LogP contribution in [0.4, 0.5) is 8.78 Å². The van der Waals surface area contributed by atoms with Gasteiger partial charge in [-0.3, -0.25) is 0 Å². The van der Waals surface area contributed by atoms with Gasteiger partial charge in [-0.1, -0.05) is 13.3 Å². The van der Waals surface area contributed by atoms with Gasteiger partial charge in [0.05, 0.1) is 0 Å². The van der Waals surface area contributed by atoms with Crippen LogP contribution in [0.2, 0.25) is 0 Å². The summed E-state index contributed by atoms with van der Waals surface area (Å²) in [6.45, 7) is 2.29. The second kappa shape index (κ2) is 6.07. The lowest BCUT2D eigenvalue weighted by Crippen LogP contribution is -2.43. The lowest BCUT2D eigenvalue weighted by atomic mass is 10.0. The Morgan fingerprint density at radius 1 is 1.35 bits per heavy atom. The van der Waals surface area contributed by atoms with Gasteiger partial charge >= 0.3 is 0 Å². The van der Waals surface area contributed by atoms with Crippen LogP contribution in [0.5, 0.6) is 0 Å². The molecule has 0 aromatic heterocycles. The number of hydrogen-bond acceptors (Lipinski definition) is 2. The molecule has 2 rings (SSSR count). The summed E-state index contributed by atoms with van der Waals surface area (Å²) in [6.07, 6.45) is 3.18. The summed E-state index contributed by atoms with van der Waals surface area (Å²) in [5, 5.41) is 0. The molecule has 0 aliphatic carbocycles. The van der Waals surface area contributed by atoms with Crippen LogP contribution in [0.1, 0.15) is 32.6 Å². The molecule has 0 N–H and O–H groups in total. The number of piperidine rings is 1. The van der Waals surface area contributed by atoms with E-state index in [-0.39, 0.29) is 10.5 Å². The lowest BCUT2D eigenvalue weighted by molar-refractivity contribution is 0.246. The minimum atomic E-state index is -3.96. The van der Waals surface area contributed by atoms with Crippen LogP contribution in [-0.4, -0.2) is 25.3 Å². The molecule has 1 fully saturated rings. The Morgan fingerprint density at radius 3 is 2.65 bits per heavy atom. The molecule has 1 unspecified atom stereocenters. The summed E-state index contributed by atoms with van der Waals surface area (Å²) in [6, 6.07) is 1.45. The first-order valence-corrected chi connectivity index (χ1v) is 8.77. The van der Waals surface area contributed by atoms with E-state index >= 15 is 0 Å². The minimum Gasteiger partial charge on any atom is -0.207 e. The average Bonchev–Trinajstić information content (AvgIpc) is 2.37. The Balaban J connectivity index is 2.49. The van der Waals surface area contributed by atoms with E-state index in [9.17, 15) is 17.2 Å². The van der Waals surface area contributed by atoms with Crippen LogP contribution in [0.25, 0.3) is 0 Å². The Morgan fingerprint density at radius 2 is 2.05 bits per heavy atom. The molecule has 112 valence electrons. The molecule has 0 amide bonds. The van der Waals surface area contributed by atoms with Crippen molar-refractivity contribution in [3.8, 4) is 0 Å². The SMILES string of the molecule is CCC1CCCCN1S(=O)(=O)c1c(F)cc(F)cc1Br. The predicted molar refractivity (Wildman–Crippen MR) is 75.9 cm³/mol. The zero-order valence-electron chi connectivity index (χ0n) is 11.1. The van der Waals surface area contributed by atoms with E-state index in [1.54, 1.807) is 0 Å². The molecular weight excluding hydrogens is 352 g/mol. The fraction of sp³-hybridized carbons (Fsp3) is 0.538. The highest BCUT2D eigenvalue weighted by molar-refractivity contribution is 9.10. The quantitative estimate of drug-likeness (QED) is 0.816. The van der Waals surface area contributed by atoms with Crippen LogP contribution in [-0.2, 0) is 10.0 Å². The van der Waals surface area contributed by atoms with Crippen molar-refractivity contribution in [1.82, 2.24) is 4.31 Å². The van der Waals surface area contributed by atoms with E-state index < -0.39 is 26.6 Å². The third kappa shape index (κ3) is 2.89. The molecule has 20 heavy (non-hydrogen) atoms. The third-order valence-electron chi connectivity index (χ3n) is 3.57. The van der Waals surface area contributed by atoms with Crippen molar-refractivity contribution in [3.05, 3.63) is 28.2 Å². The van der Waals surface area contributed by atoms with E-state index in [0.29, 0.717) is 19.0 Å². The van der Waals surface area contributed by atoms with Gasteiger partial charge in [-0.2, -0.15) is 4.31 Å². The first kappa shape index (κ1) is 15.9. The largest absolute Gasteiger partial charge is 0.247 e. The van der Waals surface area contributed by atoms with Gasteiger partial charge < -0.3 is 0 Å². The molecule has 1 atom stereocenters. The summed E-state index contributed by atoms with van der Waals surface area (Å²) in [7, 11) is -3.96. The molecule has 0 spiro atoms. The third-order valence-corrected chi connectivity index (χ3v) is 6.49. The second-order valence-electron chi connectivity index (χ2n) is 4.87. The molecule has 0 saturated carbocycles. The summed E-state index contributed by atoms with van der Waals surface area (Å²) in [5.41, 5.74) is 0. The first-order chi connectivity index (χ1) is 9.37. The van der Waals surface area contributed by atoms with Crippen molar-refractivity contribution in [1.29, 1.82) is 0 Å². The monoisotopic (exact) mass is 367 g/mol. The van der Waals surface area contributed by atoms with Gasteiger partial charge in [0.2, 0.25) is 10.0 Å². The van der Waals surface area contributed by atoms with Gasteiger partial charge in [0, 0.05) is 23.1 Å². The molecule has 1 aromatic rings. The molecule has 7 heteroatoms. The highest BCUT2D eigenvalue weighted by Crippen LogP contribution is 2.33. The predicted octanol–water partition coefficient (Wildman–Crippen LogP) is 3.68. The summed E-state index contributed by atoms with van der Waals surface area (Å²) < 4.78 is 53.6. The number of hydrogen-bond donors (Lipinski definition) is 0. The van der Waals surface area contributed by atoms with Crippen molar-refractivity contribution in [2.45, 2.75) is 43.5 Å². The number of sulfonamides is 1. The molecule has 1 aliphatic heterocycles. The zero-order valence-corrected chi connectivity index (χ0v) is 13.5. The van der Waals surface area contributed by atoms with Crippen LogP contribution in [0, 0.1) is 11.6 Å². The van der Waals surface area contributed by atoms with Gasteiger partial charge in [0.1, 0.15) is 16.5 Å². The molecule has 1 heterocycles. The Bertz CT molecular complexity index is 583. The van der Waals surface area contributed by atoms with Crippen LogP contribution >= 0.6 is 15.9 Å². The normalized spacial score (nSPS) is 21.1. The second-order valence-corrected chi connectivity index (χ2v) is 7.55. The van der Waals surface area contributed by atoms with E-state index in [1.165, 1.54) is 4.31 Å². The molecule has 1 aromatic carbocycles. The Kier molecular flexibility index (Phi) is 4.81. The minimum absolute atomic E-state index is 0.0737. The molecular formula is C13H16BrF2NO2S. The maximum atomic E-state index is 13.9. The van der Waals surface area contributed by atoms with Crippen LogP contribution in [0.15, 0.2) is 21.5 Å². The topological polar surface area (TPSA) is 37.4 Å². The number of rotatable bonds is 3. The fourth-order valence-electron chi connectivity index (χ4n) is 2.59. The fourth-order valence-corrected chi connectivity index (χ4v) is 5.47. The van der Waals surface area contributed by atoms with Crippen molar-refractivity contribution < 1.29 is 17.2 Å². The van der Waals surface area contributed by atoms with Crippen molar-refractivity contribution in [2.75, 3.05) is 6.54 Å². The van der Waals surface area contributed by atoms with Gasteiger partial charge in [-0.25, -0.2) is 17.2 Å². The van der Waals surface area contributed by atoms with E-state index in [2.05, 4.69) is 15.9 Å². The van der Waals surface area contributed by atoms with Crippen molar-refractivity contribution in [3.63, 3.8) is 0 Å². The highest BCUT2D eigenvalue weighted by atomic mass is 79.9. The molecule has 1 aliphatic rings. The molecule has 0 radical (unpaired) electrons. The lowest BCUT2D eigenvalue weighted by Gasteiger charge is -2.34.